The van der Waals surface area contributed by atoms with E-state index in [1.54, 1.807) is 7.05 Å². The summed E-state index contributed by atoms with van der Waals surface area (Å²) < 4.78 is 7.21. The van der Waals surface area contributed by atoms with Gasteiger partial charge in [-0.15, -0.1) is 10.2 Å². The van der Waals surface area contributed by atoms with Crippen molar-refractivity contribution in [2.24, 2.45) is 0 Å². The Morgan fingerprint density at radius 1 is 1.40 bits per heavy atom. The molecule has 1 aliphatic rings. The van der Waals surface area contributed by atoms with Gasteiger partial charge in [0, 0.05) is 10.6 Å². The van der Waals surface area contributed by atoms with E-state index < -0.39 is 6.23 Å². The summed E-state index contributed by atoms with van der Waals surface area (Å²) in [6.45, 7) is 2.33. The predicted molar refractivity (Wildman–Crippen MR) is 104 cm³/mol. The third kappa shape index (κ3) is 4.04. The van der Waals surface area contributed by atoms with Crippen molar-refractivity contribution in [3.8, 4) is 5.75 Å². The van der Waals surface area contributed by atoms with Crippen LogP contribution in [0.25, 0.3) is 0 Å². The second kappa shape index (κ2) is 7.83. The molecule has 1 fully saturated rings. The number of aliphatic hydroxyl groups excluding tert-OH is 1. The Morgan fingerprint density at radius 2 is 2.12 bits per heavy atom. The molecule has 0 aliphatic carbocycles. The molecule has 25 heavy (non-hydrogen) atoms. The van der Waals surface area contributed by atoms with Crippen molar-refractivity contribution in [1.29, 1.82) is 0 Å². The van der Waals surface area contributed by atoms with Crippen LogP contribution in [0.5, 0.6) is 5.75 Å². The summed E-state index contributed by atoms with van der Waals surface area (Å²) >= 11 is 3.53. The van der Waals surface area contributed by atoms with Gasteiger partial charge in [0.25, 0.3) is 0 Å². The minimum atomic E-state index is -0.903. The summed E-state index contributed by atoms with van der Waals surface area (Å²) in [6, 6.07) is 7.55. The van der Waals surface area contributed by atoms with E-state index >= 15 is 0 Å². The number of nitrogens with zero attached hydrogens (tertiary/aromatic N) is 4. The zero-order valence-electron chi connectivity index (χ0n) is 13.9. The van der Waals surface area contributed by atoms with E-state index in [9.17, 15) is 9.90 Å². The molecule has 2 aromatic rings. The van der Waals surface area contributed by atoms with Crippen LogP contribution in [0.1, 0.15) is 30.9 Å². The van der Waals surface area contributed by atoms with Crippen molar-refractivity contribution >= 4 is 45.1 Å². The molecule has 0 radical (unpaired) electrons. The SMILES string of the molecule is CCCC(Oc1ccc(I)cc1)c1nnc(N2C(=O)N(C)CC2O)s1. The highest BCUT2D eigenvalue weighted by molar-refractivity contribution is 14.1. The van der Waals surface area contributed by atoms with Crippen LogP contribution in [0.2, 0.25) is 0 Å². The fraction of sp³-hybridized carbons (Fsp3) is 0.438. The first kappa shape index (κ1) is 18.3. The molecular formula is C16H19IN4O3S. The van der Waals surface area contributed by atoms with E-state index in [-0.39, 0.29) is 18.7 Å². The molecule has 2 heterocycles. The molecule has 1 aromatic carbocycles. The van der Waals surface area contributed by atoms with E-state index in [0.717, 1.165) is 22.2 Å². The third-order valence-corrected chi connectivity index (χ3v) is 5.56. The maximum absolute atomic E-state index is 12.1. The molecule has 1 aliphatic heterocycles. The first-order valence-corrected chi connectivity index (χ1v) is 9.87. The number of likely N-dealkylation sites (N-methyl/N-ethyl adjacent to an activating group) is 1. The summed E-state index contributed by atoms with van der Waals surface area (Å²) in [5.74, 6) is 0.771. The van der Waals surface area contributed by atoms with Crippen LogP contribution in [0, 0.1) is 3.57 Å². The zero-order chi connectivity index (χ0) is 18.0. The van der Waals surface area contributed by atoms with Crippen molar-refractivity contribution in [3.05, 3.63) is 32.8 Å². The second-order valence-corrected chi connectivity index (χ2v) is 8.02. The van der Waals surface area contributed by atoms with E-state index in [0.29, 0.717) is 10.1 Å². The Labute approximate surface area is 163 Å². The van der Waals surface area contributed by atoms with Gasteiger partial charge in [-0.05, 0) is 53.3 Å². The monoisotopic (exact) mass is 474 g/mol. The Kier molecular flexibility index (Phi) is 5.74. The van der Waals surface area contributed by atoms with E-state index in [1.165, 1.54) is 21.1 Å². The molecule has 2 atom stereocenters. The number of β-amino-alcohol motifs (C(OH)–C–C–N with tert-alkyl or cyclic N) is 1. The number of rotatable bonds is 6. The Balaban J connectivity index is 1.80. The number of benzene rings is 1. The van der Waals surface area contributed by atoms with Gasteiger partial charge in [-0.1, -0.05) is 24.7 Å². The lowest BCUT2D eigenvalue weighted by Gasteiger charge is -2.16. The molecule has 7 nitrogen and oxygen atoms in total. The summed E-state index contributed by atoms with van der Waals surface area (Å²) in [6.07, 6.45) is 0.582. The van der Waals surface area contributed by atoms with Crippen molar-refractivity contribution < 1.29 is 14.6 Å². The number of halogens is 1. The first-order valence-electron chi connectivity index (χ1n) is 7.97. The number of aromatic nitrogens is 2. The minimum absolute atomic E-state index is 0.233. The van der Waals surface area contributed by atoms with Gasteiger partial charge in [0.2, 0.25) is 5.13 Å². The molecular weight excluding hydrogens is 455 g/mol. The average molecular weight is 474 g/mol. The Hall–Kier alpha value is -1.46. The summed E-state index contributed by atoms with van der Waals surface area (Å²) in [7, 11) is 1.65. The lowest BCUT2D eigenvalue weighted by atomic mass is 10.2. The van der Waals surface area contributed by atoms with Gasteiger partial charge in [-0.25, -0.2) is 9.69 Å². The summed E-state index contributed by atoms with van der Waals surface area (Å²) in [4.78, 5) is 14.9. The molecule has 1 aromatic heterocycles. The van der Waals surface area contributed by atoms with Gasteiger partial charge >= 0.3 is 6.03 Å². The minimum Gasteiger partial charge on any atom is -0.483 e. The molecule has 1 N–H and O–H groups in total. The van der Waals surface area contributed by atoms with Gasteiger partial charge in [0.05, 0.1) is 6.54 Å². The smallest absolute Gasteiger partial charge is 0.328 e. The fourth-order valence-electron chi connectivity index (χ4n) is 2.55. The average Bonchev–Trinajstić information content (AvgIpc) is 3.14. The second-order valence-electron chi connectivity index (χ2n) is 5.79. The number of urea groups is 1. The number of carbonyl (C=O) groups is 1. The molecule has 0 spiro atoms. The molecule has 0 saturated carbocycles. The largest absolute Gasteiger partial charge is 0.483 e. The molecule has 134 valence electrons. The Morgan fingerprint density at radius 3 is 2.72 bits per heavy atom. The summed E-state index contributed by atoms with van der Waals surface area (Å²) in [5.41, 5.74) is 0. The van der Waals surface area contributed by atoms with Crippen molar-refractivity contribution in [2.45, 2.75) is 32.1 Å². The lowest BCUT2D eigenvalue weighted by molar-refractivity contribution is 0.183. The third-order valence-electron chi connectivity index (χ3n) is 3.82. The molecule has 3 rings (SSSR count). The van der Waals surface area contributed by atoms with E-state index in [1.807, 2.05) is 24.3 Å². The Bertz CT molecular complexity index is 739. The molecule has 1 saturated heterocycles. The number of ether oxygens (including phenoxy) is 1. The molecule has 2 unspecified atom stereocenters. The van der Waals surface area contributed by atoms with Gasteiger partial charge in [0.15, 0.2) is 17.3 Å². The number of aliphatic hydroxyl groups is 1. The van der Waals surface area contributed by atoms with Gasteiger partial charge in [0.1, 0.15) is 5.75 Å². The maximum Gasteiger partial charge on any atom is 0.328 e. The van der Waals surface area contributed by atoms with Crippen LogP contribution in [-0.2, 0) is 0 Å². The molecule has 9 heteroatoms. The topological polar surface area (TPSA) is 78.8 Å². The number of anilines is 1. The normalized spacial score (nSPS) is 18.7. The molecule has 0 bridgehead atoms. The van der Waals surface area contributed by atoms with Gasteiger partial charge < -0.3 is 14.7 Å². The van der Waals surface area contributed by atoms with Gasteiger partial charge in [-0.3, -0.25) is 0 Å². The standard InChI is InChI=1S/C16H19IN4O3S/c1-3-4-12(24-11-7-5-10(17)6-8-11)14-18-19-15(25-14)21-13(22)9-20(2)16(21)23/h5-8,12-13,22H,3-4,9H2,1-2H3. The lowest BCUT2D eigenvalue weighted by Crippen LogP contribution is -2.34. The maximum atomic E-state index is 12.1. The zero-order valence-corrected chi connectivity index (χ0v) is 16.9. The highest BCUT2D eigenvalue weighted by atomic mass is 127. The number of amides is 2. The highest BCUT2D eigenvalue weighted by Gasteiger charge is 2.37. The van der Waals surface area contributed by atoms with Crippen molar-refractivity contribution in [1.82, 2.24) is 15.1 Å². The van der Waals surface area contributed by atoms with Crippen LogP contribution in [-0.4, -0.2) is 46.1 Å². The van der Waals surface area contributed by atoms with E-state index in [2.05, 4.69) is 39.7 Å². The highest BCUT2D eigenvalue weighted by Crippen LogP contribution is 2.33. The van der Waals surface area contributed by atoms with Crippen LogP contribution in [0.4, 0.5) is 9.93 Å². The number of carbonyl (C=O) groups excluding carboxylic acids is 1. The van der Waals surface area contributed by atoms with Crippen LogP contribution in [0.3, 0.4) is 0 Å². The first-order chi connectivity index (χ1) is 12.0. The quantitative estimate of drug-likeness (QED) is 0.651. The van der Waals surface area contributed by atoms with Crippen molar-refractivity contribution in [2.75, 3.05) is 18.5 Å². The van der Waals surface area contributed by atoms with Crippen LogP contribution in [0.15, 0.2) is 24.3 Å². The fourth-order valence-corrected chi connectivity index (χ4v) is 3.86. The molecule has 2 amide bonds. The summed E-state index contributed by atoms with van der Waals surface area (Å²) in [5, 5.41) is 19.5. The van der Waals surface area contributed by atoms with Crippen LogP contribution < -0.4 is 9.64 Å². The van der Waals surface area contributed by atoms with Crippen LogP contribution >= 0.6 is 33.9 Å². The number of hydrogen-bond acceptors (Lipinski definition) is 6. The van der Waals surface area contributed by atoms with E-state index in [4.69, 9.17) is 4.74 Å². The van der Waals surface area contributed by atoms with Crippen molar-refractivity contribution in [3.63, 3.8) is 0 Å². The predicted octanol–water partition coefficient (Wildman–Crippen LogP) is 3.25. The number of hydrogen-bond donors (Lipinski definition) is 1. The van der Waals surface area contributed by atoms with Gasteiger partial charge in [-0.2, -0.15) is 0 Å².